The molecule has 0 fully saturated rings. The number of ether oxygens (including phenoxy) is 3. The molecule has 0 radical (unpaired) electrons. The molecule has 0 saturated carbocycles. The second-order valence-corrected chi connectivity index (χ2v) is 4.66. The molecule has 6 heteroatoms. The summed E-state index contributed by atoms with van der Waals surface area (Å²) < 4.78 is 16.3. The number of hydrogen-bond donors (Lipinski definition) is 1. The third kappa shape index (κ3) is 2.65. The van der Waals surface area contributed by atoms with E-state index in [-0.39, 0.29) is 11.8 Å². The minimum atomic E-state index is 0.249. The maximum absolute atomic E-state index is 5.69. The van der Waals surface area contributed by atoms with Crippen LogP contribution in [-0.2, 0) is 6.61 Å². The quantitative estimate of drug-likeness (QED) is 0.868. The van der Waals surface area contributed by atoms with Crippen molar-refractivity contribution in [3.05, 3.63) is 47.8 Å². The zero-order chi connectivity index (χ0) is 13.9. The molecule has 1 aliphatic rings. The van der Waals surface area contributed by atoms with Crippen molar-refractivity contribution in [1.29, 1.82) is 0 Å². The van der Waals surface area contributed by atoms with Crippen LogP contribution in [0.15, 0.2) is 36.5 Å². The van der Waals surface area contributed by atoms with E-state index in [2.05, 4.69) is 4.98 Å². The van der Waals surface area contributed by atoms with Gasteiger partial charge in [-0.2, -0.15) is 0 Å². The summed E-state index contributed by atoms with van der Waals surface area (Å²) in [7, 11) is 0. The normalized spacial score (nSPS) is 12.2. The number of thiocarbonyl (C=S) groups is 1. The number of fused-ring (bicyclic) bond motifs is 1. The van der Waals surface area contributed by atoms with Gasteiger partial charge in [-0.25, -0.2) is 0 Å². The second-order valence-electron chi connectivity index (χ2n) is 4.22. The molecule has 3 rings (SSSR count). The van der Waals surface area contributed by atoms with Crippen molar-refractivity contribution in [2.75, 3.05) is 6.79 Å². The number of nitrogens with two attached hydrogens (primary N) is 1. The van der Waals surface area contributed by atoms with Crippen LogP contribution < -0.4 is 19.9 Å². The third-order valence-electron chi connectivity index (χ3n) is 2.83. The van der Waals surface area contributed by atoms with Gasteiger partial charge in [-0.15, -0.1) is 0 Å². The van der Waals surface area contributed by atoms with Crippen LogP contribution in [0, 0.1) is 0 Å². The zero-order valence-electron chi connectivity index (χ0n) is 10.5. The first-order valence-corrected chi connectivity index (χ1v) is 6.40. The van der Waals surface area contributed by atoms with Gasteiger partial charge in [0.1, 0.15) is 23.0 Å². The van der Waals surface area contributed by atoms with E-state index in [1.54, 1.807) is 18.3 Å². The maximum atomic E-state index is 5.69. The van der Waals surface area contributed by atoms with Crippen LogP contribution in [0.4, 0.5) is 0 Å². The van der Waals surface area contributed by atoms with Crippen molar-refractivity contribution >= 4 is 17.2 Å². The Morgan fingerprint density at radius 3 is 2.95 bits per heavy atom. The summed E-state index contributed by atoms with van der Waals surface area (Å²) in [4.78, 5) is 4.31. The fourth-order valence-electron chi connectivity index (χ4n) is 1.83. The van der Waals surface area contributed by atoms with Crippen LogP contribution in [0.2, 0.25) is 0 Å². The van der Waals surface area contributed by atoms with Gasteiger partial charge in [0.05, 0.1) is 0 Å². The highest BCUT2D eigenvalue weighted by molar-refractivity contribution is 7.80. The number of nitrogens with zero attached hydrogens (tertiary/aromatic N) is 1. The largest absolute Gasteiger partial charge is 0.489 e. The molecule has 0 unspecified atom stereocenters. The summed E-state index contributed by atoms with van der Waals surface area (Å²) in [5.74, 6) is 2.17. The molecule has 5 nitrogen and oxygen atoms in total. The highest BCUT2D eigenvalue weighted by atomic mass is 32.1. The van der Waals surface area contributed by atoms with Gasteiger partial charge in [-0.05, 0) is 23.8 Å². The van der Waals surface area contributed by atoms with Gasteiger partial charge in [-0.3, -0.25) is 4.98 Å². The summed E-state index contributed by atoms with van der Waals surface area (Å²) in [6, 6.07) is 9.18. The Bertz CT molecular complexity index is 661. The molecule has 1 aromatic carbocycles. The molecule has 2 heterocycles. The minimum absolute atomic E-state index is 0.249. The van der Waals surface area contributed by atoms with Crippen LogP contribution in [0.5, 0.6) is 17.2 Å². The van der Waals surface area contributed by atoms with Crippen molar-refractivity contribution in [2.24, 2.45) is 5.73 Å². The minimum Gasteiger partial charge on any atom is -0.489 e. The fourth-order valence-corrected chi connectivity index (χ4v) is 1.94. The molecular weight excluding hydrogens is 276 g/mol. The lowest BCUT2D eigenvalue weighted by Gasteiger charge is -2.08. The van der Waals surface area contributed by atoms with Crippen molar-refractivity contribution < 1.29 is 14.2 Å². The third-order valence-corrected chi connectivity index (χ3v) is 3.04. The molecule has 1 aliphatic heterocycles. The van der Waals surface area contributed by atoms with E-state index >= 15 is 0 Å². The zero-order valence-corrected chi connectivity index (χ0v) is 11.4. The summed E-state index contributed by atoms with van der Waals surface area (Å²) in [5.41, 5.74) is 7.07. The molecule has 20 heavy (non-hydrogen) atoms. The Kier molecular flexibility index (Phi) is 3.39. The maximum Gasteiger partial charge on any atom is 0.231 e. The summed E-state index contributed by atoms with van der Waals surface area (Å²) in [6.07, 6.45) is 1.61. The molecular formula is C14H12N2O3S. The van der Waals surface area contributed by atoms with E-state index in [1.165, 1.54) is 0 Å². The number of rotatable bonds is 4. The molecule has 102 valence electrons. The molecule has 0 saturated heterocycles. The first-order valence-electron chi connectivity index (χ1n) is 5.99. The van der Waals surface area contributed by atoms with Gasteiger partial charge in [0.2, 0.25) is 6.79 Å². The number of benzene rings is 1. The molecule has 0 amide bonds. The number of hydrogen-bond acceptors (Lipinski definition) is 5. The van der Waals surface area contributed by atoms with Crippen LogP contribution in [0.25, 0.3) is 0 Å². The van der Waals surface area contributed by atoms with Gasteiger partial charge in [0.25, 0.3) is 0 Å². The fraction of sp³-hybridized carbons (Fsp3) is 0.143. The van der Waals surface area contributed by atoms with Crippen LogP contribution in [0.3, 0.4) is 0 Å². The topological polar surface area (TPSA) is 66.6 Å². The van der Waals surface area contributed by atoms with Crippen LogP contribution >= 0.6 is 12.2 Å². The van der Waals surface area contributed by atoms with E-state index in [4.69, 9.17) is 32.2 Å². The average molecular weight is 288 g/mol. The standard InChI is InChI=1S/C14H12N2O3S/c15-14(20)11-6-10(3-4-16-11)17-7-9-1-2-12-13(5-9)19-8-18-12/h1-6H,7-8H2,(H2,15,20). The van der Waals surface area contributed by atoms with E-state index in [9.17, 15) is 0 Å². The molecule has 0 spiro atoms. The molecule has 2 aromatic rings. The highest BCUT2D eigenvalue weighted by Gasteiger charge is 2.13. The SMILES string of the molecule is NC(=S)c1cc(OCc2ccc3c(c2)OCO3)ccn1. The molecule has 0 atom stereocenters. The van der Waals surface area contributed by atoms with Gasteiger partial charge in [0.15, 0.2) is 11.5 Å². The lowest BCUT2D eigenvalue weighted by molar-refractivity contribution is 0.174. The van der Waals surface area contributed by atoms with Gasteiger partial charge < -0.3 is 19.9 Å². The molecule has 2 N–H and O–H groups in total. The number of pyridine rings is 1. The Morgan fingerprint density at radius 1 is 1.25 bits per heavy atom. The van der Waals surface area contributed by atoms with Gasteiger partial charge in [-0.1, -0.05) is 18.3 Å². The summed E-state index contributed by atoms with van der Waals surface area (Å²) >= 11 is 4.88. The molecule has 0 aliphatic carbocycles. The van der Waals surface area contributed by atoms with Crippen molar-refractivity contribution in [3.63, 3.8) is 0 Å². The highest BCUT2D eigenvalue weighted by Crippen LogP contribution is 2.32. The van der Waals surface area contributed by atoms with Gasteiger partial charge >= 0.3 is 0 Å². The predicted octanol–water partition coefficient (Wildman–Crippen LogP) is 2.02. The smallest absolute Gasteiger partial charge is 0.231 e. The van der Waals surface area contributed by atoms with Crippen molar-refractivity contribution in [3.8, 4) is 17.2 Å². The molecule has 0 bridgehead atoms. The Balaban J connectivity index is 1.70. The second kappa shape index (κ2) is 5.34. The van der Waals surface area contributed by atoms with Crippen LogP contribution in [0.1, 0.15) is 11.3 Å². The Morgan fingerprint density at radius 2 is 2.10 bits per heavy atom. The Hall–Kier alpha value is -2.34. The summed E-state index contributed by atoms with van der Waals surface area (Å²) in [5, 5.41) is 0. The first-order chi connectivity index (χ1) is 9.72. The van der Waals surface area contributed by atoms with Crippen molar-refractivity contribution in [1.82, 2.24) is 4.98 Å². The van der Waals surface area contributed by atoms with E-state index in [1.807, 2.05) is 18.2 Å². The van der Waals surface area contributed by atoms with Crippen LogP contribution in [-0.4, -0.2) is 16.8 Å². The lowest BCUT2D eigenvalue weighted by atomic mass is 10.2. The monoisotopic (exact) mass is 288 g/mol. The first kappa shape index (κ1) is 12.7. The van der Waals surface area contributed by atoms with E-state index in [0.717, 1.165) is 17.1 Å². The van der Waals surface area contributed by atoms with Crippen molar-refractivity contribution in [2.45, 2.75) is 6.61 Å². The summed E-state index contributed by atoms with van der Waals surface area (Å²) in [6.45, 7) is 0.679. The molecule has 1 aromatic heterocycles. The number of aromatic nitrogens is 1. The lowest BCUT2D eigenvalue weighted by Crippen LogP contribution is -2.11. The van der Waals surface area contributed by atoms with E-state index < -0.39 is 0 Å². The Labute approximate surface area is 121 Å². The van der Waals surface area contributed by atoms with Gasteiger partial charge in [0, 0.05) is 12.3 Å². The average Bonchev–Trinajstić information content (AvgIpc) is 2.93. The van der Waals surface area contributed by atoms with E-state index in [0.29, 0.717) is 18.1 Å². The predicted molar refractivity (Wildman–Crippen MR) is 77.0 cm³/mol.